The summed E-state index contributed by atoms with van der Waals surface area (Å²) < 4.78 is 11.1. The second kappa shape index (κ2) is 9.09. The molecule has 1 aliphatic rings. The van der Waals surface area contributed by atoms with Crippen LogP contribution in [0.15, 0.2) is 11.6 Å². The van der Waals surface area contributed by atoms with Crippen LogP contribution in [-0.4, -0.2) is 42.5 Å². The van der Waals surface area contributed by atoms with Crippen molar-refractivity contribution in [2.45, 2.75) is 44.8 Å². The Labute approximate surface area is 112 Å². The smallest absolute Gasteiger partial charge is 0.0870 e. The SMILES string of the molecule is C/C(=C\CC1CCCCO1)COCC(O)CBr. The molecule has 0 aliphatic carbocycles. The van der Waals surface area contributed by atoms with Crippen molar-refractivity contribution in [2.24, 2.45) is 0 Å². The quantitative estimate of drug-likeness (QED) is 0.580. The van der Waals surface area contributed by atoms with Gasteiger partial charge < -0.3 is 14.6 Å². The van der Waals surface area contributed by atoms with E-state index in [4.69, 9.17) is 9.47 Å². The molecule has 0 amide bonds. The molecule has 1 fully saturated rings. The fraction of sp³-hybridized carbons (Fsp3) is 0.846. The van der Waals surface area contributed by atoms with Gasteiger partial charge in [0.25, 0.3) is 0 Å². The monoisotopic (exact) mass is 306 g/mol. The maximum Gasteiger partial charge on any atom is 0.0870 e. The molecule has 1 saturated heterocycles. The highest BCUT2D eigenvalue weighted by molar-refractivity contribution is 9.09. The largest absolute Gasteiger partial charge is 0.390 e. The van der Waals surface area contributed by atoms with Crippen LogP contribution in [0.25, 0.3) is 0 Å². The number of rotatable bonds is 7. The molecule has 0 aromatic rings. The minimum Gasteiger partial charge on any atom is -0.390 e. The van der Waals surface area contributed by atoms with Gasteiger partial charge in [-0.2, -0.15) is 0 Å². The van der Waals surface area contributed by atoms with Gasteiger partial charge in [-0.15, -0.1) is 0 Å². The van der Waals surface area contributed by atoms with Crippen LogP contribution in [0.4, 0.5) is 0 Å². The van der Waals surface area contributed by atoms with Gasteiger partial charge >= 0.3 is 0 Å². The second-order valence-corrected chi connectivity index (χ2v) is 5.25. The molecule has 100 valence electrons. The van der Waals surface area contributed by atoms with Gasteiger partial charge in [-0.1, -0.05) is 27.6 Å². The summed E-state index contributed by atoms with van der Waals surface area (Å²) in [6.07, 6.45) is 6.81. The van der Waals surface area contributed by atoms with Crippen molar-refractivity contribution in [1.29, 1.82) is 0 Å². The maximum absolute atomic E-state index is 9.29. The molecule has 1 heterocycles. The van der Waals surface area contributed by atoms with Crippen molar-refractivity contribution < 1.29 is 14.6 Å². The Morgan fingerprint density at radius 1 is 1.59 bits per heavy atom. The van der Waals surface area contributed by atoms with E-state index in [0.717, 1.165) is 13.0 Å². The summed E-state index contributed by atoms with van der Waals surface area (Å²) in [5.74, 6) is 0. The lowest BCUT2D eigenvalue weighted by atomic mass is 10.1. The molecule has 2 unspecified atom stereocenters. The van der Waals surface area contributed by atoms with Gasteiger partial charge in [-0.05, 0) is 32.6 Å². The van der Waals surface area contributed by atoms with E-state index in [1.54, 1.807) is 0 Å². The molecular formula is C13H23BrO3. The van der Waals surface area contributed by atoms with Crippen LogP contribution in [0.5, 0.6) is 0 Å². The van der Waals surface area contributed by atoms with E-state index in [2.05, 4.69) is 28.9 Å². The minimum atomic E-state index is -0.413. The van der Waals surface area contributed by atoms with Crippen LogP contribution < -0.4 is 0 Å². The molecular weight excluding hydrogens is 284 g/mol. The van der Waals surface area contributed by atoms with Gasteiger partial charge in [-0.25, -0.2) is 0 Å². The van der Waals surface area contributed by atoms with Gasteiger partial charge in [0.2, 0.25) is 0 Å². The van der Waals surface area contributed by atoms with Crippen molar-refractivity contribution in [1.82, 2.24) is 0 Å². The number of hydrogen-bond donors (Lipinski definition) is 1. The molecule has 1 N–H and O–H groups in total. The molecule has 0 aromatic carbocycles. The van der Waals surface area contributed by atoms with Crippen molar-refractivity contribution in [2.75, 3.05) is 25.2 Å². The zero-order valence-corrected chi connectivity index (χ0v) is 12.1. The van der Waals surface area contributed by atoms with Gasteiger partial charge in [-0.3, -0.25) is 0 Å². The van der Waals surface area contributed by atoms with Crippen LogP contribution >= 0.6 is 15.9 Å². The molecule has 0 saturated carbocycles. The Bertz CT molecular complexity index is 225. The van der Waals surface area contributed by atoms with Crippen LogP contribution in [0, 0.1) is 0 Å². The Balaban J connectivity index is 2.11. The lowest BCUT2D eigenvalue weighted by Gasteiger charge is -2.21. The number of hydrogen-bond acceptors (Lipinski definition) is 3. The third kappa shape index (κ3) is 7.19. The van der Waals surface area contributed by atoms with E-state index >= 15 is 0 Å². The number of alkyl halides is 1. The van der Waals surface area contributed by atoms with Crippen LogP contribution in [-0.2, 0) is 9.47 Å². The molecule has 2 atom stereocenters. The standard InChI is InChI=1S/C13H23BrO3/c1-11(9-16-10-12(15)8-14)5-6-13-4-2-3-7-17-13/h5,12-13,15H,2-4,6-10H2,1H3/b11-5+. The van der Waals surface area contributed by atoms with Crippen LogP contribution in [0.3, 0.4) is 0 Å². The third-order valence-corrected chi connectivity index (χ3v) is 3.57. The lowest BCUT2D eigenvalue weighted by Crippen LogP contribution is -2.18. The fourth-order valence-corrected chi connectivity index (χ4v) is 1.97. The van der Waals surface area contributed by atoms with Gasteiger partial charge in [0.05, 0.1) is 25.4 Å². The summed E-state index contributed by atoms with van der Waals surface area (Å²) in [6.45, 7) is 3.95. The Morgan fingerprint density at radius 2 is 2.41 bits per heavy atom. The second-order valence-electron chi connectivity index (χ2n) is 4.60. The Kier molecular flexibility index (Phi) is 8.10. The van der Waals surface area contributed by atoms with Gasteiger partial charge in [0.1, 0.15) is 0 Å². The van der Waals surface area contributed by atoms with Crippen molar-refractivity contribution in [3.8, 4) is 0 Å². The number of aliphatic hydroxyl groups excluding tert-OH is 1. The summed E-state index contributed by atoms with van der Waals surface area (Å²) in [6, 6.07) is 0. The van der Waals surface area contributed by atoms with Gasteiger partial charge in [0, 0.05) is 11.9 Å². The summed E-state index contributed by atoms with van der Waals surface area (Å²) >= 11 is 3.20. The fourth-order valence-electron chi connectivity index (χ4n) is 1.79. The highest BCUT2D eigenvalue weighted by Gasteiger charge is 2.12. The Morgan fingerprint density at radius 3 is 3.06 bits per heavy atom. The first-order valence-electron chi connectivity index (χ1n) is 6.31. The first kappa shape index (κ1) is 15.2. The molecule has 17 heavy (non-hydrogen) atoms. The van der Waals surface area contributed by atoms with Crippen LogP contribution in [0.2, 0.25) is 0 Å². The van der Waals surface area contributed by atoms with Crippen molar-refractivity contribution in [3.05, 3.63) is 11.6 Å². The summed E-state index contributed by atoms with van der Waals surface area (Å²) in [7, 11) is 0. The van der Waals surface area contributed by atoms with E-state index in [-0.39, 0.29) is 0 Å². The molecule has 0 aromatic heterocycles. The predicted octanol–water partition coefficient (Wildman–Crippen LogP) is 2.66. The average Bonchev–Trinajstić information content (AvgIpc) is 2.37. The topological polar surface area (TPSA) is 38.7 Å². The summed E-state index contributed by atoms with van der Waals surface area (Å²) in [4.78, 5) is 0. The molecule has 0 spiro atoms. The van der Waals surface area contributed by atoms with Gasteiger partial charge in [0.15, 0.2) is 0 Å². The van der Waals surface area contributed by atoms with E-state index in [1.807, 2.05) is 0 Å². The highest BCUT2D eigenvalue weighted by Crippen LogP contribution is 2.16. The van der Waals surface area contributed by atoms with Crippen molar-refractivity contribution >= 4 is 15.9 Å². The number of halogens is 1. The number of aliphatic hydroxyl groups is 1. The van der Waals surface area contributed by atoms with E-state index in [1.165, 1.54) is 24.8 Å². The predicted molar refractivity (Wildman–Crippen MR) is 72.6 cm³/mol. The Hall–Kier alpha value is 0.100. The van der Waals surface area contributed by atoms with E-state index in [0.29, 0.717) is 24.6 Å². The van der Waals surface area contributed by atoms with Crippen LogP contribution in [0.1, 0.15) is 32.6 Å². The molecule has 3 nitrogen and oxygen atoms in total. The van der Waals surface area contributed by atoms with Crippen molar-refractivity contribution in [3.63, 3.8) is 0 Å². The average molecular weight is 307 g/mol. The molecule has 4 heteroatoms. The number of ether oxygens (including phenoxy) is 2. The molecule has 0 radical (unpaired) electrons. The summed E-state index contributed by atoms with van der Waals surface area (Å²) in [5, 5.41) is 9.85. The normalized spacial score (nSPS) is 23.7. The molecule has 1 rings (SSSR count). The molecule has 0 bridgehead atoms. The first-order valence-corrected chi connectivity index (χ1v) is 7.43. The van der Waals surface area contributed by atoms with E-state index in [9.17, 15) is 5.11 Å². The minimum absolute atomic E-state index is 0.385. The van der Waals surface area contributed by atoms with E-state index < -0.39 is 6.10 Å². The third-order valence-electron chi connectivity index (χ3n) is 2.82. The molecule has 1 aliphatic heterocycles. The summed E-state index contributed by atoms with van der Waals surface area (Å²) in [5.41, 5.74) is 1.21. The maximum atomic E-state index is 9.29. The lowest BCUT2D eigenvalue weighted by molar-refractivity contribution is 0.0180. The highest BCUT2D eigenvalue weighted by atomic mass is 79.9. The zero-order valence-electron chi connectivity index (χ0n) is 10.5. The first-order chi connectivity index (χ1) is 8.22. The zero-order chi connectivity index (χ0) is 12.5.